The molecular formula is C24H23N5O5S. The number of carboxylic acids is 1. The summed E-state index contributed by atoms with van der Waals surface area (Å²) in [4.78, 5) is 32.3. The highest BCUT2D eigenvalue weighted by Crippen LogP contribution is 2.32. The number of amides is 1. The lowest BCUT2D eigenvalue weighted by Gasteiger charge is -2.17. The number of carboxylic acid groups (broad SMARTS) is 1. The fourth-order valence-corrected chi connectivity index (χ4v) is 5.35. The fourth-order valence-electron chi connectivity index (χ4n) is 3.61. The normalized spacial score (nSPS) is 13.9. The Hall–Kier alpha value is -4.25. The highest BCUT2D eigenvalue weighted by atomic mass is 32.2. The van der Waals surface area contributed by atoms with E-state index in [0.29, 0.717) is 23.8 Å². The SMILES string of the molecule is O=C(O)CC(c1cccnc1)S(=O)(=O)c1cccc(NC(=O)c2cccc(NC3=NCCN3)c2)c1. The Labute approximate surface area is 202 Å². The maximum atomic E-state index is 13.4. The maximum absolute atomic E-state index is 13.4. The van der Waals surface area contributed by atoms with Crippen LogP contribution in [0, 0.1) is 0 Å². The zero-order valence-electron chi connectivity index (χ0n) is 18.5. The van der Waals surface area contributed by atoms with Crippen molar-refractivity contribution in [1.29, 1.82) is 0 Å². The first-order valence-corrected chi connectivity index (χ1v) is 12.3. The Morgan fingerprint density at radius 1 is 1.06 bits per heavy atom. The number of carbonyl (C=O) groups excluding carboxylic acids is 1. The number of aromatic nitrogens is 1. The molecule has 4 rings (SSSR count). The summed E-state index contributed by atoms with van der Waals surface area (Å²) in [6, 6.07) is 15.6. The van der Waals surface area contributed by atoms with Crippen molar-refractivity contribution in [3.05, 3.63) is 84.2 Å². The van der Waals surface area contributed by atoms with Crippen molar-refractivity contribution in [2.45, 2.75) is 16.6 Å². The van der Waals surface area contributed by atoms with Gasteiger partial charge in [0.2, 0.25) is 0 Å². The highest BCUT2D eigenvalue weighted by Gasteiger charge is 2.31. The van der Waals surface area contributed by atoms with Crippen molar-refractivity contribution in [3.63, 3.8) is 0 Å². The summed E-state index contributed by atoms with van der Waals surface area (Å²) >= 11 is 0. The third kappa shape index (κ3) is 5.82. The van der Waals surface area contributed by atoms with Crippen molar-refractivity contribution in [2.24, 2.45) is 4.99 Å². The number of hydrogen-bond donors (Lipinski definition) is 4. The highest BCUT2D eigenvalue weighted by molar-refractivity contribution is 7.91. The third-order valence-corrected chi connectivity index (χ3v) is 7.37. The molecule has 11 heteroatoms. The Balaban J connectivity index is 1.55. The molecular weight excluding hydrogens is 470 g/mol. The lowest BCUT2D eigenvalue weighted by molar-refractivity contribution is -0.137. The van der Waals surface area contributed by atoms with Crippen LogP contribution >= 0.6 is 0 Å². The van der Waals surface area contributed by atoms with Crippen LogP contribution in [0.5, 0.6) is 0 Å². The molecule has 0 fully saturated rings. The van der Waals surface area contributed by atoms with Gasteiger partial charge < -0.3 is 21.1 Å². The largest absolute Gasteiger partial charge is 0.481 e. The van der Waals surface area contributed by atoms with Gasteiger partial charge >= 0.3 is 5.97 Å². The van der Waals surface area contributed by atoms with Crippen molar-refractivity contribution in [3.8, 4) is 0 Å². The second kappa shape index (κ2) is 10.3. The number of guanidine groups is 1. The molecule has 0 radical (unpaired) electrons. The first-order valence-electron chi connectivity index (χ1n) is 10.8. The van der Waals surface area contributed by atoms with E-state index in [2.05, 4.69) is 25.9 Å². The quantitative estimate of drug-likeness (QED) is 0.374. The molecule has 1 amide bonds. The molecule has 4 N–H and O–H groups in total. The van der Waals surface area contributed by atoms with Crippen LogP contribution in [0.25, 0.3) is 0 Å². The smallest absolute Gasteiger partial charge is 0.305 e. The zero-order chi connectivity index (χ0) is 24.8. The van der Waals surface area contributed by atoms with E-state index >= 15 is 0 Å². The number of sulfone groups is 1. The van der Waals surface area contributed by atoms with Gasteiger partial charge in [0.1, 0.15) is 5.25 Å². The van der Waals surface area contributed by atoms with Gasteiger partial charge in [-0.15, -0.1) is 0 Å². The van der Waals surface area contributed by atoms with Crippen LogP contribution in [-0.4, -0.2) is 49.4 Å². The van der Waals surface area contributed by atoms with Crippen molar-refractivity contribution >= 4 is 39.0 Å². The van der Waals surface area contributed by atoms with Gasteiger partial charge in [-0.3, -0.25) is 19.6 Å². The summed E-state index contributed by atoms with van der Waals surface area (Å²) in [5.74, 6) is -1.05. The van der Waals surface area contributed by atoms with Gasteiger partial charge in [-0.05, 0) is 48.0 Å². The van der Waals surface area contributed by atoms with Gasteiger partial charge in [-0.25, -0.2) is 8.42 Å². The Bertz CT molecular complexity index is 1380. The fraction of sp³-hybridized carbons (Fsp3) is 0.167. The first-order chi connectivity index (χ1) is 16.8. The lowest BCUT2D eigenvalue weighted by Crippen LogP contribution is -2.26. The van der Waals surface area contributed by atoms with Gasteiger partial charge in [-0.2, -0.15) is 0 Å². The van der Waals surface area contributed by atoms with Crippen LogP contribution in [0.3, 0.4) is 0 Å². The van der Waals surface area contributed by atoms with Gasteiger partial charge in [0.05, 0.1) is 17.9 Å². The number of aliphatic imine (C=N–C) groups is 1. The number of hydrogen-bond acceptors (Lipinski definition) is 8. The van der Waals surface area contributed by atoms with Gasteiger partial charge in [0.25, 0.3) is 5.91 Å². The maximum Gasteiger partial charge on any atom is 0.305 e. The molecule has 0 saturated heterocycles. The number of benzene rings is 2. The average molecular weight is 494 g/mol. The summed E-state index contributed by atoms with van der Waals surface area (Å²) in [6.45, 7) is 1.42. The number of nitrogens with one attached hydrogen (secondary N) is 3. The molecule has 1 aliphatic heterocycles. The summed E-state index contributed by atoms with van der Waals surface area (Å²) in [6.07, 6.45) is 2.20. The molecule has 1 aromatic heterocycles. The minimum atomic E-state index is -4.09. The molecule has 0 saturated carbocycles. The summed E-state index contributed by atoms with van der Waals surface area (Å²) in [5, 5.41) is 16.9. The molecule has 3 aromatic rings. The molecule has 1 atom stereocenters. The van der Waals surface area contributed by atoms with E-state index in [1.54, 1.807) is 36.4 Å². The molecule has 0 aliphatic carbocycles. The Kier molecular flexibility index (Phi) is 7.06. The molecule has 2 aromatic carbocycles. The summed E-state index contributed by atoms with van der Waals surface area (Å²) in [5.41, 5.74) is 1.57. The number of rotatable bonds is 8. The van der Waals surface area contributed by atoms with Crippen molar-refractivity contribution in [1.82, 2.24) is 10.3 Å². The van der Waals surface area contributed by atoms with Crippen LogP contribution in [-0.2, 0) is 14.6 Å². The average Bonchev–Trinajstić information content (AvgIpc) is 3.36. The van der Waals surface area contributed by atoms with E-state index in [-0.39, 0.29) is 16.1 Å². The van der Waals surface area contributed by atoms with Crippen LogP contribution in [0.15, 0.2) is 82.9 Å². The van der Waals surface area contributed by atoms with Crippen molar-refractivity contribution in [2.75, 3.05) is 23.7 Å². The molecule has 2 heterocycles. The summed E-state index contributed by atoms with van der Waals surface area (Å²) < 4.78 is 26.7. The van der Waals surface area contributed by atoms with Gasteiger partial charge in [0, 0.05) is 35.9 Å². The van der Waals surface area contributed by atoms with E-state index < -0.39 is 33.4 Å². The minimum absolute atomic E-state index is 0.105. The van der Waals surface area contributed by atoms with E-state index in [0.717, 1.165) is 6.54 Å². The number of carbonyl (C=O) groups is 2. The number of nitrogens with zero attached hydrogens (tertiary/aromatic N) is 2. The van der Waals surface area contributed by atoms with E-state index in [1.807, 2.05) is 0 Å². The van der Waals surface area contributed by atoms with Crippen LogP contribution in [0.2, 0.25) is 0 Å². The zero-order valence-corrected chi connectivity index (χ0v) is 19.3. The molecule has 1 aliphatic rings. The lowest BCUT2D eigenvalue weighted by atomic mass is 10.1. The second-order valence-electron chi connectivity index (χ2n) is 7.76. The monoisotopic (exact) mass is 493 g/mol. The van der Waals surface area contributed by atoms with Crippen molar-refractivity contribution < 1.29 is 23.1 Å². The number of pyridine rings is 1. The topological polar surface area (TPSA) is 150 Å². The molecule has 10 nitrogen and oxygen atoms in total. The van der Waals surface area contributed by atoms with Crippen LogP contribution in [0.4, 0.5) is 11.4 Å². The Morgan fingerprint density at radius 3 is 2.57 bits per heavy atom. The molecule has 180 valence electrons. The van der Waals surface area contributed by atoms with E-state index in [9.17, 15) is 23.1 Å². The predicted octanol–water partition coefficient (Wildman–Crippen LogP) is 2.69. The molecule has 35 heavy (non-hydrogen) atoms. The molecule has 0 spiro atoms. The third-order valence-electron chi connectivity index (χ3n) is 5.27. The first kappa shape index (κ1) is 23.9. The van der Waals surface area contributed by atoms with Crippen LogP contribution < -0.4 is 16.0 Å². The van der Waals surface area contributed by atoms with Gasteiger partial charge in [0.15, 0.2) is 15.8 Å². The van der Waals surface area contributed by atoms with E-state index in [4.69, 9.17) is 0 Å². The van der Waals surface area contributed by atoms with Gasteiger partial charge in [-0.1, -0.05) is 18.2 Å². The predicted molar refractivity (Wildman–Crippen MR) is 131 cm³/mol. The number of anilines is 2. The standard InChI is InChI=1S/C24H23N5O5S/c30-22(31)14-21(17-5-3-9-25-15-17)35(33,34)20-8-2-7-19(13-20)28-23(32)16-4-1-6-18(12-16)29-24-26-10-11-27-24/h1-9,12-13,15,21H,10-11,14H2,(H,28,32)(H,30,31)(H2,26,27,29). The van der Waals surface area contributed by atoms with Crippen LogP contribution in [0.1, 0.15) is 27.6 Å². The molecule has 0 bridgehead atoms. The summed E-state index contributed by atoms with van der Waals surface area (Å²) in [7, 11) is -4.09. The minimum Gasteiger partial charge on any atom is -0.481 e. The Morgan fingerprint density at radius 2 is 1.86 bits per heavy atom. The number of aliphatic carboxylic acids is 1. The van der Waals surface area contributed by atoms with E-state index in [1.165, 1.54) is 36.7 Å². The second-order valence-corrected chi connectivity index (χ2v) is 9.89. The molecule has 1 unspecified atom stereocenters.